The van der Waals surface area contributed by atoms with E-state index in [0.717, 1.165) is 32.1 Å². The van der Waals surface area contributed by atoms with Crippen LogP contribution in [0.3, 0.4) is 0 Å². The van der Waals surface area contributed by atoms with Gasteiger partial charge in [0.2, 0.25) is 5.78 Å². The maximum atomic E-state index is 12.9. The molecule has 2 aromatic carbocycles. The van der Waals surface area contributed by atoms with Crippen LogP contribution < -0.4 is 0 Å². The molecule has 4 rings (SSSR count). The summed E-state index contributed by atoms with van der Waals surface area (Å²) in [4.78, 5) is 52.2. The SMILES string of the molecule is CC(OC(=O)c1ccc2c(c1)C(=O)N(C1CCCCC1)C2=O)C(=O)c1cccc(Cl)c1. The molecule has 2 aromatic rings. The summed E-state index contributed by atoms with van der Waals surface area (Å²) in [5.41, 5.74) is 0.968. The van der Waals surface area contributed by atoms with E-state index in [4.69, 9.17) is 16.3 Å². The van der Waals surface area contributed by atoms with Crippen LogP contribution in [0.1, 0.15) is 80.5 Å². The van der Waals surface area contributed by atoms with Crippen molar-refractivity contribution in [2.24, 2.45) is 0 Å². The number of hydrogen-bond acceptors (Lipinski definition) is 5. The summed E-state index contributed by atoms with van der Waals surface area (Å²) in [5, 5.41) is 0.411. The lowest BCUT2D eigenvalue weighted by Gasteiger charge is -2.29. The van der Waals surface area contributed by atoms with Gasteiger partial charge in [0.15, 0.2) is 6.10 Å². The molecule has 1 fully saturated rings. The van der Waals surface area contributed by atoms with Crippen LogP contribution >= 0.6 is 11.6 Å². The van der Waals surface area contributed by atoms with Crippen molar-refractivity contribution in [1.29, 1.82) is 0 Å². The standard InChI is InChI=1S/C24H22ClNO5/c1-14(21(27)15-6-5-7-17(25)12-15)31-24(30)16-10-11-19-20(13-16)23(29)26(22(19)28)18-8-3-2-4-9-18/h5-7,10-14,18H,2-4,8-9H2,1H3. The first-order chi connectivity index (χ1) is 14.9. The third-order valence-corrected chi connectivity index (χ3v) is 6.09. The number of ketones is 1. The molecule has 0 spiro atoms. The minimum Gasteiger partial charge on any atom is -0.451 e. The Balaban J connectivity index is 1.50. The highest BCUT2D eigenvalue weighted by molar-refractivity contribution is 6.31. The predicted molar refractivity (Wildman–Crippen MR) is 114 cm³/mol. The Morgan fingerprint density at radius 3 is 2.39 bits per heavy atom. The molecule has 160 valence electrons. The molecule has 2 amide bonds. The average Bonchev–Trinajstić information content (AvgIpc) is 3.03. The minimum atomic E-state index is -1.03. The van der Waals surface area contributed by atoms with Crippen LogP contribution in [0.15, 0.2) is 42.5 Å². The van der Waals surface area contributed by atoms with Crippen molar-refractivity contribution in [3.63, 3.8) is 0 Å². The number of nitrogens with zero attached hydrogens (tertiary/aromatic N) is 1. The van der Waals surface area contributed by atoms with Crippen molar-refractivity contribution in [2.75, 3.05) is 0 Å². The molecule has 1 aliphatic carbocycles. The second kappa shape index (κ2) is 8.63. The third-order valence-electron chi connectivity index (χ3n) is 5.86. The van der Waals surface area contributed by atoms with Gasteiger partial charge in [-0.25, -0.2) is 4.79 Å². The third kappa shape index (κ3) is 4.12. The second-order valence-corrected chi connectivity index (χ2v) is 8.39. The van der Waals surface area contributed by atoms with Crippen LogP contribution in [0.5, 0.6) is 0 Å². The summed E-state index contributed by atoms with van der Waals surface area (Å²) in [6.07, 6.45) is 3.69. The number of carbonyl (C=O) groups is 4. The number of esters is 1. The molecule has 7 heteroatoms. The Morgan fingerprint density at radius 1 is 0.968 bits per heavy atom. The maximum absolute atomic E-state index is 12.9. The van der Waals surface area contributed by atoms with E-state index in [1.807, 2.05) is 0 Å². The first kappa shape index (κ1) is 21.2. The average molecular weight is 440 g/mol. The van der Waals surface area contributed by atoms with Gasteiger partial charge in [0.05, 0.1) is 16.7 Å². The molecule has 0 aromatic heterocycles. The zero-order valence-electron chi connectivity index (χ0n) is 17.1. The molecule has 1 aliphatic heterocycles. The summed E-state index contributed by atoms with van der Waals surface area (Å²) in [6, 6.07) is 10.6. The van der Waals surface area contributed by atoms with Crippen LogP contribution in [-0.4, -0.2) is 40.6 Å². The van der Waals surface area contributed by atoms with Gasteiger partial charge in [0.25, 0.3) is 11.8 Å². The highest BCUT2D eigenvalue weighted by Crippen LogP contribution is 2.31. The topological polar surface area (TPSA) is 80.8 Å². The number of benzene rings is 2. The molecule has 1 atom stereocenters. The molecular formula is C24H22ClNO5. The van der Waals surface area contributed by atoms with E-state index in [1.165, 1.54) is 36.1 Å². The number of carbonyl (C=O) groups excluding carboxylic acids is 4. The minimum absolute atomic E-state index is 0.0908. The number of fused-ring (bicyclic) bond motifs is 1. The van der Waals surface area contributed by atoms with E-state index in [9.17, 15) is 19.2 Å². The van der Waals surface area contributed by atoms with E-state index in [2.05, 4.69) is 0 Å². The number of imide groups is 1. The largest absolute Gasteiger partial charge is 0.451 e. The maximum Gasteiger partial charge on any atom is 0.338 e. The number of rotatable bonds is 5. The summed E-state index contributed by atoms with van der Waals surface area (Å²) in [6.45, 7) is 1.48. The lowest BCUT2D eigenvalue weighted by atomic mass is 9.94. The quantitative estimate of drug-likeness (QED) is 0.383. The first-order valence-corrected chi connectivity index (χ1v) is 10.8. The monoisotopic (exact) mass is 439 g/mol. The van der Waals surface area contributed by atoms with Gasteiger partial charge >= 0.3 is 5.97 Å². The van der Waals surface area contributed by atoms with E-state index in [0.29, 0.717) is 16.1 Å². The van der Waals surface area contributed by atoms with Crippen molar-refractivity contribution in [3.05, 3.63) is 69.7 Å². The van der Waals surface area contributed by atoms with E-state index in [-0.39, 0.29) is 34.8 Å². The lowest BCUT2D eigenvalue weighted by Crippen LogP contribution is -2.40. The molecule has 0 bridgehead atoms. The van der Waals surface area contributed by atoms with Gasteiger partial charge in [-0.1, -0.05) is 43.0 Å². The smallest absolute Gasteiger partial charge is 0.338 e. The van der Waals surface area contributed by atoms with Gasteiger partial charge in [-0.05, 0) is 50.1 Å². The number of halogens is 1. The fourth-order valence-corrected chi connectivity index (χ4v) is 4.41. The zero-order chi connectivity index (χ0) is 22.1. The van der Waals surface area contributed by atoms with Crippen molar-refractivity contribution >= 4 is 35.2 Å². The van der Waals surface area contributed by atoms with Gasteiger partial charge < -0.3 is 4.74 Å². The highest BCUT2D eigenvalue weighted by Gasteiger charge is 2.40. The molecule has 1 unspecified atom stereocenters. The van der Waals surface area contributed by atoms with Crippen molar-refractivity contribution in [3.8, 4) is 0 Å². The molecule has 1 saturated carbocycles. The molecule has 0 radical (unpaired) electrons. The zero-order valence-corrected chi connectivity index (χ0v) is 17.9. The fraction of sp³-hybridized carbons (Fsp3) is 0.333. The molecule has 2 aliphatic rings. The van der Waals surface area contributed by atoms with E-state index >= 15 is 0 Å². The van der Waals surface area contributed by atoms with Gasteiger partial charge in [0, 0.05) is 16.6 Å². The van der Waals surface area contributed by atoms with Gasteiger partial charge in [0.1, 0.15) is 0 Å². The summed E-state index contributed by atoms with van der Waals surface area (Å²) in [5.74, 6) is -1.80. The van der Waals surface area contributed by atoms with Crippen LogP contribution in [0.2, 0.25) is 5.02 Å². The van der Waals surface area contributed by atoms with E-state index < -0.39 is 12.1 Å². The Labute approximate surface area is 185 Å². The molecular weight excluding hydrogens is 418 g/mol. The van der Waals surface area contributed by atoms with Crippen LogP contribution in [0, 0.1) is 0 Å². The summed E-state index contributed by atoms with van der Waals surface area (Å²) >= 11 is 5.92. The number of hydrogen-bond donors (Lipinski definition) is 0. The van der Waals surface area contributed by atoms with Gasteiger partial charge in [-0.3, -0.25) is 19.3 Å². The Bertz CT molecular complexity index is 1070. The van der Waals surface area contributed by atoms with Crippen molar-refractivity contribution < 1.29 is 23.9 Å². The van der Waals surface area contributed by atoms with Crippen molar-refractivity contribution in [2.45, 2.75) is 51.2 Å². The summed E-state index contributed by atoms with van der Waals surface area (Å²) < 4.78 is 5.32. The summed E-state index contributed by atoms with van der Waals surface area (Å²) in [7, 11) is 0. The second-order valence-electron chi connectivity index (χ2n) is 7.95. The molecule has 0 saturated heterocycles. The van der Waals surface area contributed by atoms with Gasteiger partial charge in [-0.2, -0.15) is 0 Å². The Kier molecular flexibility index (Phi) is 5.92. The predicted octanol–water partition coefficient (Wildman–Crippen LogP) is 4.70. The van der Waals surface area contributed by atoms with Crippen LogP contribution in [0.4, 0.5) is 0 Å². The molecule has 31 heavy (non-hydrogen) atoms. The number of ether oxygens (including phenoxy) is 1. The van der Waals surface area contributed by atoms with Crippen molar-refractivity contribution in [1.82, 2.24) is 4.90 Å². The highest BCUT2D eigenvalue weighted by atomic mass is 35.5. The Hall–Kier alpha value is -2.99. The van der Waals surface area contributed by atoms with Gasteiger partial charge in [-0.15, -0.1) is 0 Å². The normalized spacial score (nSPS) is 17.4. The number of Topliss-reactive ketones (excluding diaryl/α,β-unsaturated/α-hetero) is 1. The molecule has 6 nitrogen and oxygen atoms in total. The first-order valence-electron chi connectivity index (χ1n) is 10.4. The Morgan fingerprint density at radius 2 is 1.68 bits per heavy atom. The number of amides is 2. The fourth-order valence-electron chi connectivity index (χ4n) is 4.22. The lowest BCUT2D eigenvalue weighted by molar-refractivity contribution is 0.0318. The van der Waals surface area contributed by atoms with Crippen LogP contribution in [-0.2, 0) is 4.74 Å². The molecule has 0 N–H and O–H groups in total. The van der Waals surface area contributed by atoms with E-state index in [1.54, 1.807) is 18.2 Å². The van der Waals surface area contributed by atoms with Crippen LogP contribution in [0.25, 0.3) is 0 Å². The molecule has 1 heterocycles.